The molecule has 1 aromatic carbocycles. The van der Waals surface area contributed by atoms with Crippen LogP contribution in [0.15, 0.2) is 29.5 Å². The first kappa shape index (κ1) is 19.2. The predicted octanol–water partition coefficient (Wildman–Crippen LogP) is 1.85. The maximum absolute atomic E-state index is 13.4. The predicted molar refractivity (Wildman–Crippen MR) is 103 cm³/mol. The van der Waals surface area contributed by atoms with Gasteiger partial charge in [-0.1, -0.05) is 17.7 Å². The van der Waals surface area contributed by atoms with Crippen LogP contribution in [0.3, 0.4) is 0 Å². The average molecular weight is 432 g/mol. The van der Waals surface area contributed by atoms with Gasteiger partial charge in [0.25, 0.3) is 11.8 Å². The number of ketones is 1. The van der Waals surface area contributed by atoms with Gasteiger partial charge in [-0.15, -0.1) is 0 Å². The Bertz CT molecular complexity index is 1040. The minimum absolute atomic E-state index is 0.0486. The molecular formula is C21H19ClFN3O4. The fraction of sp³-hybridized carbons (Fsp3) is 0.429. The van der Waals surface area contributed by atoms with Crippen molar-refractivity contribution in [3.8, 4) is 0 Å². The summed E-state index contributed by atoms with van der Waals surface area (Å²) in [6, 6.07) is 4.18. The number of hydrogen-bond acceptors (Lipinski definition) is 4. The van der Waals surface area contributed by atoms with Crippen LogP contribution in [0.4, 0.5) is 4.39 Å². The molecule has 1 aromatic rings. The van der Waals surface area contributed by atoms with Crippen molar-refractivity contribution in [3.63, 3.8) is 0 Å². The molecule has 156 valence electrons. The average Bonchev–Trinajstić information content (AvgIpc) is 3.03. The molecule has 5 rings (SSSR count). The summed E-state index contributed by atoms with van der Waals surface area (Å²) in [6.45, 7) is 0.997. The number of benzene rings is 1. The van der Waals surface area contributed by atoms with E-state index in [4.69, 9.17) is 11.6 Å². The Morgan fingerprint density at radius 2 is 1.87 bits per heavy atom. The van der Waals surface area contributed by atoms with Crippen LogP contribution >= 0.6 is 11.6 Å². The maximum Gasteiger partial charge on any atom is 0.297 e. The zero-order valence-corrected chi connectivity index (χ0v) is 16.8. The molecule has 0 spiro atoms. The standard InChI is InChI=1S/C21H19ClFN3O4/c22-13-9-11(4-5-14(13)23)10-24-8-6-12-16(19(24)28)18(27)21(30)26-15-3-1-2-7-25(15)20(29)17(12)26/h4-5,9,15-16H,1-3,6-8,10H2. The van der Waals surface area contributed by atoms with Crippen molar-refractivity contribution in [1.29, 1.82) is 0 Å². The van der Waals surface area contributed by atoms with Gasteiger partial charge in [0.05, 0.1) is 5.02 Å². The van der Waals surface area contributed by atoms with Gasteiger partial charge < -0.3 is 9.80 Å². The summed E-state index contributed by atoms with van der Waals surface area (Å²) in [5.74, 6) is -4.12. The van der Waals surface area contributed by atoms with Gasteiger partial charge in [-0.3, -0.25) is 24.1 Å². The van der Waals surface area contributed by atoms with Crippen LogP contribution in [0.5, 0.6) is 0 Å². The molecule has 3 saturated heterocycles. The zero-order valence-electron chi connectivity index (χ0n) is 16.1. The number of halogens is 2. The Morgan fingerprint density at radius 3 is 2.63 bits per heavy atom. The maximum atomic E-state index is 13.4. The zero-order chi connectivity index (χ0) is 21.2. The van der Waals surface area contributed by atoms with E-state index in [2.05, 4.69) is 0 Å². The second kappa shape index (κ2) is 6.91. The summed E-state index contributed by atoms with van der Waals surface area (Å²) in [4.78, 5) is 56.4. The lowest BCUT2D eigenvalue weighted by Crippen LogP contribution is -2.55. The second-order valence-electron chi connectivity index (χ2n) is 8.08. The van der Waals surface area contributed by atoms with Gasteiger partial charge in [-0.25, -0.2) is 4.39 Å². The number of hydrogen-bond donors (Lipinski definition) is 0. The first-order chi connectivity index (χ1) is 14.4. The monoisotopic (exact) mass is 431 g/mol. The summed E-state index contributed by atoms with van der Waals surface area (Å²) in [5, 5.41) is -0.0486. The van der Waals surface area contributed by atoms with Crippen molar-refractivity contribution in [2.75, 3.05) is 13.1 Å². The van der Waals surface area contributed by atoms with Crippen molar-refractivity contribution < 1.29 is 23.6 Å². The van der Waals surface area contributed by atoms with E-state index >= 15 is 0 Å². The van der Waals surface area contributed by atoms with Gasteiger partial charge in [0, 0.05) is 19.6 Å². The van der Waals surface area contributed by atoms with Gasteiger partial charge in [-0.05, 0) is 49.0 Å². The third-order valence-corrected chi connectivity index (χ3v) is 6.67. The van der Waals surface area contributed by atoms with E-state index in [1.165, 1.54) is 28.0 Å². The molecule has 30 heavy (non-hydrogen) atoms. The van der Waals surface area contributed by atoms with E-state index in [1.807, 2.05) is 0 Å². The highest BCUT2D eigenvalue weighted by molar-refractivity contribution is 6.43. The molecule has 0 N–H and O–H groups in total. The number of carbonyl (C=O) groups is 4. The Balaban J connectivity index is 1.48. The number of fused-ring (bicyclic) bond motifs is 4. The fourth-order valence-electron chi connectivity index (χ4n) is 4.96. The topological polar surface area (TPSA) is 78.0 Å². The van der Waals surface area contributed by atoms with Gasteiger partial charge in [0.2, 0.25) is 11.7 Å². The second-order valence-corrected chi connectivity index (χ2v) is 8.49. The lowest BCUT2D eigenvalue weighted by Gasteiger charge is -2.39. The molecule has 4 heterocycles. The van der Waals surface area contributed by atoms with Crippen molar-refractivity contribution in [2.45, 2.75) is 38.4 Å². The van der Waals surface area contributed by atoms with Crippen LogP contribution in [-0.4, -0.2) is 57.5 Å². The van der Waals surface area contributed by atoms with Crippen molar-refractivity contribution in [2.24, 2.45) is 5.92 Å². The normalized spacial score (nSPS) is 26.3. The molecule has 0 aromatic heterocycles. The first-order valence-electron chi connectivity index (χ1n) is 10.0. The van der Waals surface area contributed by atoms with E-state index in [0.717, 1.165) is 12.8 Å². The number of amides is 3. The van der Waals surface area contributed by atoms with Crippen molar-refractivity contribution in [3.05, 3.63) is 45.9 Å². The largest absolute Gasteiger partial charge is 0.337 e. The summed E-state index contributed by atoms with van der Waals surface area (Å²) in [7, 11) is 0. The molecule has 0 bridgehead atoms. The Morgan fingerprint density at radius 1 is 1.07 bits per heavy atom. The third-order valence-electron chi connectivity index (χ3n) is 6.39. The molecule has 2 unspecified atom stereocenters. The minimum Gasteiger partial charge on any atom is -0.337 e. The Kier molecular flexibility index (Phi) is 4.43. The number of rotatable bonds is 2. The van der Waals surface area contributed by atoms with Gasteiger partial charge in [0.1, 0.15) is 23.6 Å². The van der Waals surface area contributed by atoms with E-state index in [9.17, 15) is 23.6 Å². The number of Topliss-reactive ketones (excluding diaryl/α,β-unsaturated/α-hetero) is 1. The van der Waals surface area contributed by atoms with Crippen LogP contribution in [0, 0.1) is 11.7 Å². The van der Waals surface area contributed by atoms with Gasteiger partial charge >= 0.3 is 0 Å². The van der Waals surface area contributed by atoms with E-state index in [0.29, 0.717) is 37.1 Å². The molecule has 2 atom stereocenters. The molecular weight excluding hydrogens is 413 g/mol. The molecule has 0 radical (unpaired) electrons. The Hall–Kier alpha value is -2.74. The van der Waals surface area contributed by atoms with Crippen LogP contribution < -0.4 is 0 Å². The van der Waals surface area contributed by atoms with Crippen LogP contribution in [0.25, 0.3) is 0 Å². The van der Waals surface area contributed by atoms with Crippen LogP contribution in [0.1, 0.15) is 31.2 Å². The van der Waals surface area contributed by atoms with Crippen molar-refractivity contribution >= 4 is 35.1 Å². The quantitative estimate of drug-likeness (QED) is 0.529. The molecule has 0 saturated carbocycles. The smallest absolute Gasteiger partial charge is 0.297 e. The lowest BCUT2D eigenvalue weighted by atomic mass is 9.82. The molecule has 4 aliphatic heterocycles. The summed E-state index contributed by atoms with van der Waals surface area (Å²) < 4.78 is 13.4. The van der Waals surface area contributed by atoms with E-state index in [1.54, 1.807) is 4.90 Å². The van der Waals surface area contributed by atoms with Crippen LogP contribution in [0.2, 0.25) is 5.02 Å². The number of carbonyl (C=O) groups excluding carboxylic acids is 4. The summed E-state index contributed by atoms with van der Waals surface area (Å²) >= 11 is 5.83. The molecule has 9 heteroatoms. The lowest BCUT2D eigenvalue weighted by molar-refractivity contribution is -0.154. The molecule has 3 amide bonds. The summed E-state index contributed by atoms with van der Waals surface area (Å²) in [5.41, 5.74) is 1.31. The molecule has 7 nitrogen and oxygen atoms in total. The van der Waals surface area contributed by atoms with E-state index in [-0.39, 0.29) is 23.2 Å². The minimum atomic E-state index is -1.25. The van der Waals surface area contributed by atoms with Crippen molar-refractivity contribution in [1.82, 2.24) is 14.7 Å². The highest BCUT2D eigenvalue weighted by Gasteiger charge is 2.56. The number of piperidine rings is 2. The highest BCUT2D eigenvalue weighted by atomic mass is 35.5. The van der Waals surface area contributed by atoms with Crippen LogP contribution in [-0.2, 0) is 25.7 Å². The SMILES string of the molecule is O=C1C(=O)N2C(=C3CCN(Cc4ccc(F)c(Cl)c4)C(=O)C13)C(=O)N1CCCCC12. The Labute approximate surface area is 177 Å². The number of nitrogens with zero attached hydrogens (tertiary/aromatic N) is 3. The van der Waals surface area contributed by atoms with Gasteiger partial charge in [0.15, 0.2) is 0 Å². The van der Waals surface area contributed by atoms with Gasteiger partial charge in [-0.2, -0.15) is 0 Å². The number of likely N-dealkylation sites (tertiary alicyclic amines) is 1. The highest BCUT2D eigenvalue weighted by Crippen LogP contribution is 2.42. The summed E-state index contributed by atoms with van der Waals surface area (Å²) in [6.07, 6.45) is 2.29. The third kappa shape index (κ3) is 2.70. The molecule has 3 fully saturated rings. The first-order valence-corrected chi connectivity index (χ1v) is 10.4. The van der Waals surface area contributed by atoms with E-state index < -0.39 is 35.5 Å². The molecule has 0 aliphatic carbocycles. The molecule has 4 aliphatic rings. The fourth-order valence-corrected chi connectivity index (χ4v) is 5.16.